The molecule has 1 N–H and O–H groups in total. The van der Waals surface area contributed by atoms with Crippen LogP contribution >= 0.6 is 11.6 Å². The second-order valence-electron chi connectivity index (χ2n) is 5.45. The van der Waals surface area contributed by atoms with Gasteiger partial charge in [-0.15, -0.1) is 0 Å². The summed E-state index contributed by atoms with van der Waals surface area (Å²) in [6.45, 7) is 7.54. The van der Waals surface area contributed by atoms with Gasteiger partial charge in [-0.1, -0.05) is 31.4 Å². The van der Waals surface area contributed by atoms with E-state index in [-0.39, 0.29) is 0 Å². The number of hydrogen-bond donors (Lipinski definition) is 1. The molecule has 1 aliphatic heterocycles. The Morgan fingerprint density at radius 3 is 2.95 bits per heavy atom. The number of halogens is 1. The van der Waals surface area contributed by atoms with Crippen molar-refractivity contribution < 1.29 is 0 Å². The summed E-state index contributed by atoms with van der Waals surface area (Å²) in [7, 11) is 0. The van der Waals surface area contributed by atoms with Crippen molar-refractivity contribution in [1.29, 1.82) is 0 Å². The first-order chi connectivity index (χ1) is 9.22. The fraction of sp³-hybridized carbons (Fsp3) is 0.625. The molecule has 1 atom stereocenters. The van der Waals surface area contributed by atoms with Crippen LogP contribution in [0.25, 0.3) is 0 Å². The largest absolute Gasteiger partial charge is 0.369 e. The Morgan fingerprint density at radius 2 is 2.16 bits per heavy atom. The number of rotatable bonds is 4. The Kier molecular flexibility index (Phi) is 5.53. The molecule has 2 nitrogen and oxygen atoms in total. The van der Waals surface area contributed by atoms with Crippen molar-refractivity contribution in [3.8, 4) is 0 Å². The zero-order valence-electron chi connectivity index (χ0n) is 12.1. The predicted octanol–water partition coefficient (Wildman–Crippen LogP) is 4.22. The van der Waals surface area contributed by atoms with Crippen molar-refractivity contribution in [3.63, 3.8) is 0 Å². The quantitative estimate of drug-likeness (QED) is 0.888. The second kappa shape index (κ2) is 7.16. The molecule has 0 saturated carbocycles. The van der Waals surface area contributed by atoms with Crippen LogP contribution < -0.4 is 10.2 Å². The molecule has 0 radical (unpaired) electrons. The van der Waals surface area contributed by atoms with Gasteiger partial charge in [-0.25, -0.2) is 0 Å². The summed E-state index contributed by atoms with van der Waals surface area (Å²) in [6.07, 6.45) is 5.31. The highest BCUT2D eigenvalue weighted by Crippen LogP contribution is 2.29. The molecule has 3 heteroatoms. The Balaban J connectivity index is 2.25. The van der Waals surface area contributed by atoms with E-state index in [1.807, 2.05) is 6.07 Å². The van der Waals surface area contributed by atoms with Gasteiger partial charge in [0.15, 0.2) is 0 Å². The van der Waals surface area contributed by atoms with Gasteiger partial charge in [-0.05, 0) is 50.1 Å². The van der Waals surface area contributed by atoms with Gasteiger partial charge >= 0.3 is 0 Å². The van der Waals surface area contributed by atoms with Crippen LogP contribution in [-0.4, -0.2) is 19.1 Å². The molecule has 19 heavy (non-hydrogen) atoms. The minimum atomic E-state index is 0.629. The summed E-state index contributed by atoms with van der Waals surface area (Å²) in [4.78, 5) is 2.57. The molecule has 1 aromatic carbocycles. The fourth-order valence-electron chi connectivity index (χ4n) is 2.87. The van der Waals surface area contributed by atoms with Crippen LogP contribution in [0, 0.1) is 0 Å². The lowest BCUT2D eigenvalue weighted by atomic mass is 10.1. The zero-order valence-corrected chi connectivity index (χ0v) is 12.8. The molecule has 1 saturated heterocycles. The maximum atomic E-state index is 6.16. The molecule has 1 fully saturated rings. The second-order valence-corrected chi connectivity index (χ2v) is 5.88. The molecule has 1 aliphatic rings. The van der Waals surface area contributed by atoms with Crippen LogP contribution in [0.4, 0.5) is 5.69 Å². The highest BCUT2D eigenvalue weighted by Gasteiger charge is 2.19. The Labute approximate surface area is 122 Å². The molecule has 0 spiro atoms. The first kappa shape index (κ1) is 14.7. The number of benzene rings is 1. The maximum absolute atomic E-state index is 6.16. The van der Waals surface area contributed by atoms with Crippen LogP contribution in [0.1, 0.15) is 45.1 Å². The predicted molar refractivity (Wildman–Crippen MR) is 84.1 cm³/mol. The van der Waals surface area contributed by atoms with Gasteiger partial charge in [0.1, 0.15) is 0 Å². The summed E-state index contributed by atoms with van der Waals surface area (Å²) in [6, 6.07) is 6.95. The maximum Gasteiger partial charge on any atom is 0.0415 e. The van der Waals surface area contributed by atoms with Gasteiger partial charge in [-0.2, -0.15) is 0 Å². The third kappa shape index (κ3) is 3.87. The molecular weight excluding hydrogens is 256 g/mol. The lowest BCUT2D eigenvalue weighted by molar-refractivity contribution is 0.612. The monoisotopic (exact) mass is 280 g/mol. The topological polar surface area (TPSA) is 15.3 Å². The summed E-state index contributed by atoms with van der Waals surface area (Å²) >= 11 is 6.16. The highest BCUT2D eigenvalue weighted by molar-refractivity contribution is 6.30. The van der Waals surface area contributed by atoms with Gasteiger partial charge in [0.05, 0.1) is 0 Å². The Morgan fingerprint density at radius 1 is 1.32 bits per heavy atom. The highest BCUT2D eigenvalue weighted by atomic mass is 35.5. The first-order valence-corrected chi connectivity index (χ1v) is 7.86. The average molecular weight is 281 g/mol. The number of hydrogen-bond acceptors (Lipinski definition) is 2. The van der Waals surface area contributed by atoms with Crippen LogP contribution in [0.5, 0.6) is 0 Å². The van der Waals surface area contributed by atoms with Crippen molar-refractivity contribution in [2.45, 2.75) is 52.1 Å². The van der Waals surface area contributed by atoms with E-state index in [2.05, 4.69) is 36.2 Å². The molecule has 106 valence electrons. The molecule has 1 unspecified atom stereocenters. The zero-order chi connectivity index (χ0) is 13.7. The van der Waals surface area contributed by atoms with E-state index >= 15 is 0 Å². The van der Waals surface area contributed by atoms with E-state index in [9.17, 15) is 0 Å². The molecule has 0 bridgehead atoms. The summed E-state index contributed by atoms with van der Waals surface area (Å²) in [5.74, 6) is 0. The van der Waals surface area contributed by atoms with E-state index in [0.29, 0.717) is 6.04 Å². The van der Waals surface area contributed by atoms with E-state index in [4.69, 9.17) is 11.6 Å². The average Bonchev–Trinajstić information content (AvgIpc) is 2.61. The van der Waals surface area contributed by atoms with Crippen molar-refractivity contribution in [2.24, 2.45) is 0 Å². The minimum absolute atomic E-state index is 0.629. The van der Waals surface area contributed by atoms with Crippen LogP contribution in [0.3, 0.4) is 0 Å². The number of nitrogens with zero attached hydrogens (tertiary/aromatic N) is 1. The van der Waals surface area contributed by atoms with Gasteiger partial charge in [-0.3, -0.25) is 0 Å². The normalized spacial score (nSPS) is 20.4. The fourth-order valence-corrected chi connectivity index (χ4v) is 3.06. The third-order valence-electron chi connectivity index (χ3n) is 3.97. The van der Waals surface area contributed by atoms with Gasteiger partial charge in [0, 0.05) is 29.8 Å². The number of anilines is 1. The Hall–Kier alpha value is -0.730. The van der Waals surface area contributed by atoms with Crippen LogP contribution in [-0.2, 0) is 6.54 Å². The molecule has 0 aliphatic carbocycles. The van der Waals surface area contributed by atoms with E-state index in [1.165, 1.54) is 43.5 Å². The van der Waals surface area contributed by atoms with Crippen molar-refractivity contribution in [1.82, 2.24) is 5.32 Å². The van der Waals surface area contributed by atoms with Crippen LogP contribution in [0.15, 0.2) is 18.2 Å². The smallest absolute Gasteiger partial charge is 0.0415 e. The molecule has 0 amide bonds. The van der Waals surface area contributed by atoms with Gasteiger partial charge in [0.2, 0.25) is 0 Å². The van der Waals surface area contributed by atoms with E-state index in [1.54, 1.807) is 0 Å². The van der Waals surface area contributed by atoms with Crippen molar-refractivity contribution >= 4 is 17.3 Å². The molecular formula is C16H25ClN2. The van der Waals surface area contributed by atoms with Crippen molar-refractivity contribution in [3.05, 3.63) is 28.8 Å². The lowest BCUT2D eigenvalue weighted by Gasteiger charge is -2.31. The minimum Gasteiger partial charge on any atom is -0.369 e. The number of nitrogens with one attached hydrogen (secondary N) is 1. The molecule has 0 aromatic heterocycles. The lowest BCUT2D eigenvalue weighted by Crippen LogP contribution is -2.33. The van der Waals surface area contributed by atoms with Crippen molar-refractivity contribution in [2.75, 3.05) is 18.0 Å². The molecule has 1 aromatic rings. The van der Waals surface area contributed by atoms with Crippen LogP contribution in [0.2, 0.25) is 5.02 Å². The SMILES string of the molecule is CCNCc1cc(Cl)ccc1N1CCCCCC1C. The van der Waals surface area contributed by atoms with E-state index in [0.717, 1.165) is 18.1 Å². The Bertz CT molecular complexity index is 406. The molecule has 2 rings (SSSR count). The summed E-state index contributed by atoms with van der Waals surface area (Å²) in [5.41, 5.74) is 2.68. The van der Waals surface area contributed by atoms with Gasteiger partial charge < -0.3 is 10.2 Å². The molecule has 1 heterocycles. The third-order valence-corrected chi connectivity index (χ3v) is 4.20. The summed E-state index contributed by atoms with van der Waals surface area (Å²) in [5, 5.41) is 4.25. The first-order valence-electron chi connectivity index (χ1n) is 7.48. The standard InChI is InChI=1S/C16H25ClN2/c1-3-18-12-14-11-15(17)8-9-16(14)19-10-6-4-5-7-13(19)2/h8-9,11,13,18H,3-7,10,12H2,1-2H3. The summed E-state index contributed by atoms with van der Waals surface area (Å²) < 4.78 is 0. The van der Waals surface area contributed by atoms with E-state index < -0.39 is 0 Å². The van der Waals surface area contributed by atoms with Gasteiger partial charge in [0.25, 0.3) is 0 Å².